The molecular weight excluding hydrogens is 240 g/mol. The van der Waals surface area contributed by atoms with Crippen molar-refractivity contribution in [3.63, 3.8) is 0 Å². The van der Waals surface area contributed by atoms with Crippen molar-refractivity contribution in [3.8, 4) is 0 Å². The van der Waals surface area contributed by atoms with Crippen LogP contribution in [0.1, 0.15) is 5.82 Å². The molecule has 0 saturated heterocycles. The molecule has 0 amide bonds. The van der Waals surface area contributed by atoms with Crippen LogP contribution in [0.3, 0.4) is 0 Å². The van der Waals surface area contributed by atoms with Crippen LogP contribution in [0.2, 0.25) is 0 Å². The third-order valence-electron chi connectivity index (χ3n) is 3.30. The number of anilines is 2. The normalized spacial score (nSPS) is 11.1. The number of fused-ring (bicyclic) bond motifs is 1. The van der Waals surface area contributed by atoms with Crippen LogP contribution < -0.4 is 10.6 Å². The van der Waals surface area contributed by atoms with E-state index in [2.05, 4.69) is 20.1 Å². The first-order valence-electron chi connectivity index (χ1n) is 6.05. The fraction of sp³-hybridized carbons (Fsp3) is 0.231. The second-order valence-electron chi connectivity index (χ2n) is 4.68. The third kappa shape index (κ3) is 2.01. The number of hydrogen-bond donors (Lipinski definition) is 2. The predicted molar refractivity (Wildman–Crippen MR) is 75.8 cm³/mol. The van der Waals surface area contributed by atoms with E-state index in [-0.39, 0.29) is 0 Å². The van der Waals surface area contributed by atoms with Crippen LogP contribution in [0.4, 0.5) is 11.4 Å². The fourth-order valence-electron chi connectivity index (χ4n) is 2.17. The highest BCUT2D eigenvalue weighted by Gasteiger charge is 2.10. The number of hydrogen-bond acceptors (Lipinski definition) is 4. The number of rotatable bonds is 3. The van der Waals surface area contributed by atoms with Crippen LogP contribution in [0, 0.1) is 0 Å². The molecule has 0 aliphatic heterocycles. The Morgan fingerprint density at radius 2 is 2.26 bits per heavy atom. The van der Waals surface area contributed by atoms with Crippen molar-refractivity contribution in [2.75, 3.05) is 17.7 Å². The average molecular weight is 256 g/mol. The van der Waals surface area contributed by atoms with Crippen LogP contribution in [0.5, 0.6) is 0 Å². The Bertz CT molecular complexity index is 711. The van der Waals surface area contributed by atoms with Gasteiger partial charge in [-0.2, -0.15) is 5.10 Å². The molecule has 6 nitrogen and oxygen atoms in total. The van der Waals surface area contributed by atoms with Gasteiger partial charge in [-0.3, -0.25) is 5.10 Å². The molecule has 2 aromatic heterocycles. The van der Waals surface area contributed by atoms with Crippen molar-refractivity contribution in [1.82, 2.24) is 19.7 Å². The number of imidazole rings is 1. The first-order chi connectivity index (χ1) is 9.15. The average Bonchev–Trinajstić information content (AvgIpc) is 2.97. The zero-order chi connectivity index (χ0) is 13.4. The molecule has 3 aromatic rings. The lowest BCUT2D eigenvalue weighted by atomic mass is 10.2. The largest absolute Gasteiger partial charge is 0.397 e. The maximum atomic E-state index is 6.10. The van der Waals surface area contributed by atoms with E-state index in [1.807, 2.05) is 37.0 Å². The molecule has 6 heteroatoms. The van der Waals surface area contributed by atoms with E-state index in [1.54, 1.807) is 12.4 Å². The van der Waals surface area contributed by atoms with Crippen molar-refractivity contribution in [2.45, 2.75) is 6.54 Å². The summed E-state index contributed by atoms with van der Waals surface area (Å²) in [6.45, 7) is 0.702. The van der Waals surface area contributed by atoms with Crippen molar-refractivity contribution in [3.05, 3.63) is 36.5 Å². The molecule has 0 saturated carbocycles. The molecule has 0 fully saturated rings. The highest BCUT2D eigenvalue weighted by Crippen LogP contribution is 2.28. The smallest absolute Gasteiger partial charge is 0.127 e. The molecule has 3 rings (SSSR count). The van der Waals surface area contributed by atoms with E-state index < -0.39 is 0 Å². The molecule has 19 heavy (non-hydrogen) atoms. The maximum Gasteiger partial charge on any atom is 0.127 e. The van der Waals surface area contributed by atoms with Crippen LogP contribution in [0.15, 0.2) is 30.7 Å². The van der Waals surface area contributed by atoms with Gasteiger partial charge in [0.1, 0.15) is 5.82 Å². The van der Waals surface area contributed by atoms with Crippen molar-refractivity contribution >= 4 is 22.3 Å². The summed E-state index contributed by atoms with van der Waals surface area (Å²) >= 11 is 0. The topological polar surface area (TPSA) is 75.8 Å². The highest BCUT2D eigenvalue weighted by molar-refractivity contribution is 5.88. The summed E-state index contributed by atoms with van der Waals surface area (Å²) in [6.07, 6.45) is 5.50. The third-order valence-corrected chi connectivity index (χ3v) is 3.30. The fourth-order valence-corrected chi connectivity index (χ4v) is 2.17. The minimum atomic E-state index is 0.702. The molecule has 0 radical (unpaired) electrons. The summed E-state index contributed by atoms with van der Waals surface area (Å²) in [6, 6.07) is 3.95. The van der Waals surface area contributed by atoms with Crippen molar-refractivity contribution < 1.29 is 0 Å². The molecule has 0 atom stereocenters. The summed E-state index contributed by atoms with van der Waals surface area (Å²) < 4.78 is 2.00. The van der Waals surface area contributed by atoms with Gasteiger partial charge in [-0.25, -0.2) is 4.98 Å². The lowest BCUT2D eigenvalue weighted by Gasteiger charge is -2.20. The number of aromatic nitrogens is 4. The van der Waals surface area contributed by atoms with Gasteiger partial charge in [0.2, 0.25) is 0 Å². The van der Waals surface area contributed by atoms with Gasteiger partial charge in [0.05, 0.1) is 29.6 Å². The number of nitrogens with zero attached hydrogens (tertiary/aromatic N) is 4. The second kappa shape index (κ2) is 4.31. The Morgan fingerprint density at radius 1 is 1.42 bits per heavy atom. The number of aromatic amines is 1. The van der Waals surface area contributed by atoms with Crippen LogP contribution in [-0.2, 0) is 13.6 Å². The van der Waals surface area contributed by atoms with E-state index in [9.17, 15) is 0 Å². The number of nitrogens with one attached hydrogen (secondary N) is 1. The number of nitrogens with two attached hydrogens (primary N) is 1. The summed E-state index contributed by atoms with van der Waals surface area (Å²) in [4.78, 5) is 6.40. The van der Waals surface area contributed by atoms with Gasteiger partial charge >= 0.3 is 0 Å². The maximum absolute atomic E-state index is 6.10. The van der Waals surface area contributed by atoms with E-state index >= 15 is 0 Å². The number of nitrogen functional groups attached to an aromatic ring is 1. The summed E-state index contributed by atoms with van der Waals surface area (Å²) in [5.74, 6) is 0.992. The molecular formula is C13H16N6. The van der Waals surface area contributed by atoms with Crippen LogP contribution >= 0.6 is 0 Å². The first kappa shape index (κ1) is 11.6. The van der Waals surface area contributed by atoms with Crippen LogP contribution in [-0.4, -0.2) is 26.8 Å². The Kier molecular flexibility index (Phi) is 2.63. The monoisotopic (exact) mass is 256 g/mol. The molecule has 1 aromatic carbocycles. The quantitative estimate of drug-likeness (QED) is 0.697. The SMILES string of the molecule is CN(Cc1nccn1C)c1cc2[nH]ncc2cc1N. The lowest BCUT2D eigenvalue weighted by Crippen LogP contribution is -2.20. The molecule has 98 valence electrons. The summed E-state index contributed by atoms with van der Waals surface area (Å²) in [5, 5.41) is 8.00. The van der Waals surface area contributed by atoms with Gasteiger partial charge in [0, 0.05) is 31.9 Å². The minimum Gasteiger partial charge on any atom is -0.397 e. The van der Waals surface area contributed by atoms with Gasteiger partial charge < -0.3 is 15.2 Å². The second-order valence-corrected chi connectivity index (χ2v) is 4.68. The van der Waals surface area contributed by atoms with Crippen LogP contribution in [0.25, 0.3) is 10.9 Å². The zero-order valence-corrected chi connectivity index (χ0v) is 11.0. The van der Waals surface area contributed by atoms with Crippen molar-refractivity contribution in [1.29, 1.82) is 0 Å². The van der Waals surface area contributed by atoms with Gasteiger partial charge in [-0.15, -0.1) is 0 Å². The van der Waals surface area contributed by atoms with E-state index in [1.165, 1.54) is 0 Å². The lowest BCUT2D eigenvalue weighted by molar-refractivity contribution is 0.762. The molecule has 2 heterocycles. The molecule has 0 unspecified atom stereocenters. The standard InChI is InChI=1S/C13H16N6/c1-18-4-3-15-13(18)8-19(2)12-6-11-9(5-10(12)14)7-16-17-11/h3-7H,8,14H2,1-2H3,(H,16,17). The Labute approximate surface area is 110 Å². The number of aryl methyl sites for hydroxylation is 1. The van der Waals surface area contributed by atoms with E-state index in [4.69, 9.17) is 5.73 Å². The Balaban J connectivity index is 1.94. The molecule has 0 aliphatic carbocycles. The minimum absolute atomic E-state index is 0.702. The van der Waals surface area contributed by atoms with E-state index in [0.29, 0.717) is 6.54 Å². The Hall–Kier alpha value is -2.50. The number of benzene rings is 1. The zero-order valence-electron chi connectivity index (χ0n) is 11.0. The molecule has 0 aliphatic rings. The van der Waals surface area contributed by atoms with E-state index in [0.717, 1.165) is 28.1 Å². The molecule has 0 bridgehead atoms. The predicted octanol–water partition coefficient (Wildman–Crippen LogP) is 1.51. The Morgan fingerprint density at radius 3 is 3.00 bits per heavy atom. The van der Waals surface area contributed by atoms with Gasteiger partial charge in [-0.05, 0) is 12.1 Å². The van der Waals surface area contributed by atoms with Gasteiger partial charge in [-0.1, -0.05) is 0 Å². The molecule has 3 N–H and O–H groups in total. The van der Waals surface area contributed by atoms with Gasteiger partial charge in [0.25, 0.3) is 0 Å². The summed E-state index contributed by atoms with van der Waals surface area (Å²) in [5.41, 5.74) is 8.80. The number of H-pyrrole nitrogens is 1. The van der Waals surface area contributed by atoms with Crippen molar-refractivity contribution in [2.24, 2.45) is 7.05 Å². The first-order valence-corrected chi connectivity index (χ1v) is 6.05. The van der Waals surface area contributed by atoms with Gasteiger partial charge in [0.15, 0.2) is 0 Å². The summed E-state index contributed by atoms with van der Waals surface area (Å²) in [7, 11) is 3.99. The molecule has 0 spiro atoms. The highest BCUT2D eigenvalue weighted by atomic mass is 15.2.